The SMILES string of the molecule is COc1nc(NN)nc(N2CC3CCCC3C2)n1. The van der Waals surface area contributed by atoms with Crippen molar-refractivity contribution in [2.45, 2.75) is 19.3 Å². The molecule has 98 valence electrons. The van der Waals surface area contributed by atoms with E-state index in [0.717, 1.165) is 24.9 Å². The number of hydrogen-bond acceptors (Lipinski definition) is 7. The fraction of sp³-hybridized carbons (Fsp3) is 0.727. The summed E-state index contributed by atoms with van der Waals surface area (Å²) in [6, 6.07) is 0.296. The molecule has 2 atom stereocenters. The molecule has 0 bridgehead atoms. The van der Waals surface area contributed by atoms with Crippen LogP contribution in [0, 0.1) is 11.8 Å². The molecule has 0 spiro atoms. The van der Waals surface area contributed by atoms with Gasteiger partial charge in [0.1, 0.15) is 0 Å². The van der Waals surface area contributed by atoms with E-state index < -0.39 is 0 Å². The van der Waals surface area contributed by atoms with Crippen molar-refractivity contribution >= 4 is 11.9 Å². The Morgan fingerprint density at radius 3 is 2.56 bits per heavy atom. The zero-order valence-electron chi connectivity index (χ0n) is 10.5. The predicted molar refractivity (Wildman–Crippen MR) is 67.2 cm³/mol. The van der Waals surface area contributed by atoms with E-state index >= 15 is 0 Å². The lowest BCUT2D eigenvalue weighted by molar-refractivity contribution is 0.378. The number of anilines is 2. The molecule has 1 aromatic rings. The van der Waals surface area contributed by atoms with Crippen LogP contribution in [0.1, 0.15) is 19.3 Å². The summed E-state index contributed by atoms with van der Waals surface area (Å²) in [5.41, 5.74) is 2.45. The molecule has 1 aliphatic heterocycles. The minimum atomic E-state index is 0.296. The Hall–Kier alpha value is -1.63. The largest absolute Gasteiger partial charge is 0.467 e. The Kier molecular flexibility index (Phi) is 2.91. The van der Waals surface area contributed by atoms with Crippen molar-refractivity contribution in [2.24, 2.45) is 17.7 Å². The normalized spacial score (nSPS) is 26.2. The third-order valence-electron chi connectivity index (χ3n) is 3.92. The van der Waals surface area contributed by atoms with Gasteiger partial charge in [0, 0.05) is 13.1 Å². The quantitative estimate of drug-likeness (QED) is 0.593. The lowest BCUT2D eigenvalue weighted by Crippen LogP contribution is -2.24. The number of nitrogens with zero attached hydrogens (tertiary/aromatic N) is 4. The highest BCUT2D eigenvalue weighted by molar-refractivity contribution is 5.39. The second-order valence-electron chi connectivity index (χ2n) is 4.95. The Morgan fingerprint density at radius 1 is 1.22 bits per heavy atom. The molecule has 2 fully saturated rings. The fourth-order valence-corrected chi connectivity index (χ4v) is 3.04. The van der Waals surface area contributed by atoms with E-state index in [4.69, 9.17) is 10.6 Å². The van der Waals surface area contributed by atoms with E-state index in [1.54, 1.807) is 0 Å². The monoisotopic (exact) mass is 250 g/mol. The molecular weight excluding hydrogens is 232 g/mol. The fourth-order valence-electron chi connectivity index (χ4n) is 3.04. The van der Waals surface area contributed by atoms with Crippen LogP contribution < -0.4 is 20.9 Å². The maximum absolute atomic E-state index is 5.36. The first-order valence-corrected chi connectivity index (χ1v) is 6.32. The van der Waals surface area contributed by atoms with Gasteiger partial charge in [-0.2, -0.15) is 15.0 Å². The molecule has 0 amide bonds. The third-order valence-corrected chi connectivity index (χ3v) is 3.92. The molecule has 7 heteroatoms. The van der Waals surface area contributed by atoms with E-state index in [0.29, 0.717) is 17.9 Å². The average molecular weight is 250 g/mol. The Morgan fingerprint density at radius 2 is 1.94 bits per heavy atom. The van der Waals surface area contributed by atoms with Gasteiger partial charge in [0.25, 0.3) is 0 Å². The summed E-state index contributed by atoms with van der Waals surface area (Å²) in [6.45, 7) is 2.06. The summed E-state index contributed by atoms with van der Waals surface area (Å²) in [7, 11) is 1.54. The maximum atomic E-state index is 5.36. The van der Waals surface area contributed by atoms with Gasteiger partial charge in [-0.3, -0.25) is 5.43 Å². The highest BCUT2D eigenvalue weighted by Crippen LogP contribution is 2.38. The van der Waals surface area contributed by atoms with Gasteiger partial charge in [0.05, 0.1) is 7.11 Å². The van der Waals surface area contributed by atoms with E-state index in [1.807, 2.05) is 0 Å². The molecule has 1 saturated heterocycles. The van der Waals surface area contributed by atoms with E-state index in [9.17, 15) is 0 Å². The molecule has 0 radical (unpaired) electrons. The second kappa shape index (κ2) is 4.56. The molecule has 3 rings (SSSR count). The van der Waals surface area contributed by atoms with E-state index in [2.05, 4.69) is 25.3 Å². The second-order valence-corrected chi connectivity index (χ2v) is 4.95. The van der Waals surface area contributed by atoms with Crippen LogP contribution in [0.5, 0.6) is 6.01 Å². The standard InChI is InChI=1S/C11H18N6O/c1-18-11-14-9(16-12)13-10(15-11)17-5-7-3-2-4-8(7)6-17/h7-8H,2-6,12H2,1H3,(H,13,14,15,16). The minimum Gasteiger partial charge on any atom is -0.467 e. The van der Waals surface area contributed by atoms with Crippen LogP contribution in [-0.2, 0) is 0 Å². The van der Waals surface area contributed by atoms with Gasteiger partial charge in [-0.05, 0) is 24.7 Å². The summed E-state index contributed by atoms with van der Waals surface area (Å²) in [5.74, 6) is 7.94. The molecule has 2 heterocycles. The summed E-state index contributed by atoms with van der Waals surface area (Å²) in [4.78, 5) is 14.8. The molecule has 2 aliphatic rings. The predicted octanol–water partition coefficient (Wildman–Crippen LogP) is 0.402. The number of fused-ring (bicyclic) bond motifs is 1. The first-order chi connectivity index (χ1) is 8.80. The number of ether oxygens (including phenoxy) is 1. The number of nitrogen functional groups attached to an aromatic ring is 1. The number of hydrogen-bond donors (Lipinski definition) is 2. The Balaban J connectivity index is 1.83. The number of rotatable bonds is 3. The van der Waals surface area contributed by atoms with Crippen LogP contribution in [0.3, 0.4) is 0 Å². The minimum absolute atomic E-state index is 0.296. The van der Waals surface area contributed by atoms with Crippen molar-refractivity contribution in [2.75, 3.05) is 30.5 Å². The van der Waals surface area contributed by atoms with Crippen LogP contribution in [-0.4, -0.2) is 35.2 Å². The maximum Gasteiger partial charge on any atom is 0.322 e. The van der Waals surface area contributed by atoms with Crippen LogP contribution in [0.4, 0.5) is 11.9 Å². The van der Waals surface area contributed by atoms with Crippen LogP contribution in [0.2, 0.25) is 0 Å². The van der Waals surface area contributed by atoms with E-state index in [-0.39, 0.29) is 0 Å². The number of methoxy groups -OCH3 is 1. The summed E-state index contributed by atoms with van der Waals surface area (Å²) in [5, 5.41) is 0. The Labute approximate surface area is 106 Å². The van der Waals surface area contributed by atoms with Crippen molar-refractivity contribution in [1.82, 2.24) is 15.0 Å². The molecule has 1 aromatic heterocycles. The van der Waals surface area contributed by atoms with Gasteiger partial charge in [-0.15, -0.1) is 0 Å². The van der Waals surface area contributed by atoms with Crippen molar-refractivity contribution in [3.05, 3.63) is 0 Å². The van der Waals surface area contributed by atoms with Crippen LogP contribution in [0.25, 0.3) is 0 Å². The molecule has 2 unspecified atom stereocenters. The van der Waals surface area contributed by atoms with Crippen LogP contribution in [0.15, 0.2) is 0 Å². The number of nitrogens with two attached hydrogens (primary N) is 1. The van der Waals surface area contributed by atoms with Gasteiger partial charge in [-0.1, -0.05) is 6.42 Å². The van der Waals surface area contributed by atoms with E-state index in [1.165, 1.54) is 26.4 Å². The van der Waals surface area contributed by atoms with Crippen molar-refractivity contribution in [3.63, 3.8) is 0 Å². The van der Waals surface area contributed by atoms with Gasteiger partial charge in [0.15, 0.2) is 0 Å². The molecule has 1 aliphatic carbocycles. The highest BCUT2D eigenvalue weighted by atomic mass is 16.5. The molecule has 18 heavy (non-hydrogen) atoms. The van der Waals surface area contributed by atoms with Crippen molar-refractivity contribution in [1.29, 1.82) is 0 Å². The lowest BCUT2D eigenvalue weighted by Gasteiger charge is -2.17. The topological polar surface area (TPSA) is 89.2 Å². The van der Waals surface area contributed by atoms with Crippen molar-refractivity contribution < 1.29 is 4.74 Å². The first-order valence-electron chi connectivity index (χ1n) is 6.32. The van der Waals surface area contributed by atoms with Crippen LogP contribution >= 0.6 is 0 Å². The summed E-state index contributed by atoms with van der Waals surface area (Å²) >= 11 is 0. The van der Waals surface area contributed by atoms with Gasteiger partial charge in [-0.25, -0.2) is 5.84 Å². The number of aromatic nitrogens is 3. The summed E-state index contributed by atoms with van der Waals surface area (Å²) in [6.07, 6.45) is 4.01. The third kappa shape index (κ3) is 1.94. The molecule has 3 N–H and O–H groups in total. The molecule has 7 nitrogen and oxygen atoms in total. The Bertz CT molecular complexity index is 405. The lowest BCUT2D eigenvalue weighted by atomic mass is 10.0. The highest BCUT2D eigenvalue weighted by Gasteiger charge is 2.37. The van der Waals surface area contributed by atoms with Gasteiger partial charge in [0.2, 0.25) is 11.9 Å². The van der Waals surface area contributed by atoms with Crippen molar-refractivity contribution in [3.8, 4) is 6.01 Å². The molecule has 1 saturated carbocycles. The number of nitrogens with one attached hydrogen (secondary N) is 1. The van der Waals surface area contributed by atoms with Gasteiger partial charge >= 0.3 is 6.01 Å². The molecule has 0 aromatic carbocycles. The number of hydrazine groups is 1. The molecular formula is C11H18N6O. The first kappa shape index (κ1) is 11.5. The average Bonchev–Trinajstić information content (AvgIpc) is 2.98. The van der Waals surface area contributed by atoms with Gasteiger partial charge < -0.3 is 9.64 Å². The zero-order valence-corrected chi connectivity index (χ0v) is 10.5. The smallest absolute Gasteiger partial charge is 0.322 e. The zero-order chi connectivity index (χ0) is 12.5. The summed E-state index contributed by atoms with van der Waals surface area (Å²) < 4.78 is 5.07.